The second-order valence-electron chi connectivity index (χ2n) is 7.64. The highest BCUT2D eigenvalue weighted by Gasteiger charge is 2.16. The van der Waals surface area contributed by atoms with E-state index in [-0.39, 0.29) is 5.56 Å². The Bertz CT molecular complexity index is 1220. The van der Waals surface area contributed by atoms with Gasteiger partial charge in [-0.3, -0.25) is 9.89 Å². The lowest BCUT2D eigenvalue weighted by atomic mass is 9.93. The number of anilines is 2. The first-order chi connectivity index (χ1) is 14.7. The molecule has 7 heteroatoms. The lowest BCUT2D eigenvalue weighted by molar-refractivity contribution is 0.0853. The maximum Gasteiger partial charge on any atom is 0.274 e. The first kappa shape index (κ1) is 18.6. The Balaban J connectivity index is 1.46. The highest BCUT2D eigenvalue weighted by molar-refractivity contribution is 5.87. The van der Waals surface area contributed by atoms with Gasteiger partial charge in [0, 0.05) is 43.6 Å². The highest BCUT2D eigenvalue weighted by atomic mass is 16.5. The van der Waals surface area contributed by atoms with Crippen LogP contribution in [-0.2, 0) is 11.8 Å². The number of ether oxygens (including phenoxy) is 1. The van der Waals surface area contributed by atoms with Crippen LogP contribution in [0.15, 0.2) is 59.7 Å². The van der Waals surface area contributed by atoms with Gasteiger partial charge in [-0.2, -0.15) is 5.10 Å². The van der Waals surface area contributed by atoms with Crippen molar-refractivity contribution < 1.29 is 4.74 Å². The van der Waals surface area contributed by atoms with Gasteiger partial charge in [-0.15, -0.1) is 0 Å². The molecule has 0 atom stereocenters. The Kier molecular flexibility index (Phi) is 4.80. The lowest BCUT2D eigenvalue weighted by Crippen LogP contribution is -2.20. The van der Waals surface area contributed by atoms with E-state index in [1.807, 2.05) is 42.6 Å². The molecule has 30 heavy (non-hydrogen) atoms. The van der Waals surface area contributed by atoms with Crippen LogP contribution in [0.2, 0.25) is 0 Å². The van der Waals surface area contributed by atoms with Crippen molar-refractivity contribution in [2.45, 2.75) is 18.8 Å². The Morgan fingerprint density at radius 3 is 2.73 bits per heavy atom. The van der Waals surface area contributed by atoms with E-state index in [2.05, 4.69) is 26.6 Å². The summed E-state index contributed by atoms with van der Waals surface area (Å²) in [6, 6.07) is 13.8. The molecule has 0 spiro atoms. The quantitative estimate of drug-likeness (QED) is 0.541. The summed E-state index contributed by atoms with van der Waals surface area (Å²) in [7, 11) is 1.78. The number of nitrogens with zero attached hydrogens (tertiary/aromatic N) is 3. The number of hydrogen-bond acceptors (Lipinski definition) is 5. The van der Waals surface area contributed by atoms with Crippen LogP contribution in [0.25, 0.3) is 22.2 Å². The molecule has 4 aromatic rings. The number of benzene rings is 1. The topological polar surface area (TPSA) is 84.8 Å². The summed E-state index contributed by atoms with van der Waals surface area (Å²) in [6.07, 6.45) is 5.75. The Morgan fingerprint density at radius 1 is 1.13 bits per heavy atom. The minimum Gasteiger partial charge on any atom is -0.381 e. The number of aromatic amines is 1. The fourth-order valence-corrected chi connectivity index (χ4v) is 4.04. The van der Waals surface area contributed by atoms with Gasteiger partial charge in [-0.1, -0.05) is 12.1 Å². The van der Waals surface area contributed by atoms with Crippen molar-refractivity contribution >= 4 is 22.4 Å². The molecular weight excluding hydrogens is 378 g/mol. The molecule has 4 heterocycles. The third-order valence-electron chi connectivity index (χ3n) is 5.76. The number of pyridine rings is 2. The van der Waals surface area contributed by atoms with Crippen molar-refractivity contribution in [2.24, 2.45) is 7.05 Å². The molecular formula is C23H23N5O2. The normalized spacial score (nSPS) is 14.8. The Hall–Kier alpha value is -3.45. The number of rotatable bonds is 4. The van der Waals surface area contributed by atoms with Crippen LogP contribution < -0.4 is 10.9 Å². The number of nitrogens with one attached hydrogen (secondary N) is 2. The van der Waals surface area contributed by atoms with Crippen molar-refractivity contribution in [2.75, 3.05) is 18.5 Å². The summed E-state index contributed by atoms with van der Waals surface area (Å²) in [5.41, 5.74) is 4.35. The zero-order valence-electron chi connectivity index (χ0n) is 16.8. The van der Waals surface area contributed by atoms with E-state index < -0.39 is 0 Å². The van der Waals surface area contributed by atoms with Crippen molar-refractivity contribution in [3.8, 4) is 11.3 Å². The van der Waals surface area contributed by atoms with E-state index in [0.29, 0.717) is 17.4 Å². The maximum atomic E-state index is 12.9. The molecule has 1 aliphatic heterocycles. The lowest BCUT2D eigenvalue weighted by Gasteiger charge is -2.22. The van der Waals surface area contributed by atoms with E-state index in [9.17, 15) is 4.79 Å². The van der Waals surface area contributed by atoms with Gasteiger partial charge in [0.2, 0.25) is 0 Å². The third-order valence-corrected chi connectivity index (χ3v) is 5.76. The van der Waals surface area contributed by atoms with Crippen LogP contribution in [-0.4, -0.2) is 33.0 Å². The fourth-order valence-electron chi connectivity index (χ4n) is 4.04. The fraction of sp³-hybridized carbons (Fsp3) is 0.261. The minimum absolute atomic E-state index is 0.0923. The number of hydrogen-bond donors (Lipinski definition) is 2. The number of aromatic nitrogens is 4. The molecule has 0 unspecified atom stereocenters. The van der Waals surface area contributed by atoms with Gasteiger partial charge in [0.15, 0.2) is 0 Å². The largest absolute Gasteiger partial charge is 0.381 e. The molecule has 1 aliphatic rings. The Labute approximate surface area is 173 Å². The SMILES string of the molecule is Cn1c(=O)c(Nc2ccc(C3CCOCC3)cn2)cc2cc(-c3cc[nH]n3)ccc21. The first-order valence-electron chi connectivity index (χ1n) is 10.1. The molecule has 0 saturated carbocycles. The molecule has 2 N–H and O–H groups in total. The molecule has 0 amide bonds. The molecule has 1 saturated heterocycles. The van der Waals surface area contributed by atoms with Gasteiger partial charge in [0.25, 0.3) is 5.56 Å². The zero-order valence-corrected chi connectivity index (χ0v) is 16.8. The van der Waals surface area contributed by atoms with Gasteiger partial charge in [0.1, 0.15) is 11.5 Å². The zero-order chi connectivity index (χ0) is 20.5. The summed E-state index contributed by atoms with van der Waals surface area (Å²) < 4.78 is 7.10. The number of fused-ring (bicyclic) bond motifs is 1. The molecule has 3 aromatic heterocycles. The van der Waals surface area contributed by atoms with Crippen LogP contribution in [0, 0.1) is 0 Å². The monoisotopic (exact) mass is 401 g/mol. The number of H-pyrrole nitrogens is 1. The first-order valence-corrected chi connectivity index (χ1v) is 10.1. The van der Waals surface area contributed by atoms with E-state index in [4.69, 9.17) is 4.74 Å². The van der Waals surface area contributed by atoms with Gasteiger partial charge in [-0.25, -0.2) is 4.98 Å². The molecule has 152 valence electrons. The molecule has 1 aromatic carbocycles. The van der Waals surface area contributed by atoms with Crippen LogP contribution in [0.3, 0.4) is 0 Å². The number of aryl methyl sites for hydroxylation is 1. The summed E-state index contributed by atoms with van der Waals surface area (Å²) in [6.45, 7) is 1.61. The van der Waals surface area contributed by atoms with E-state index in [0.717, 1.165) is 48.2 Å². The van der Waals surface area contributed by atoms with Crippen molar-refractivity contribution in [1.82, 2.24) is 19.7 Å². The average molecular weight is 401 g/mol. The molecule has 0 bridgehead atoms. The molecule has 5 rings (SSSR count). The van der Waals surface area contributed by atoms with Gasteiger partial charge >= 0.3 is 0 Å². The van der Waals surface area contributed by atoms with Gasteiger partial charge < -0.3 is 14.6 Å². The van der Waals surface area contributed by atoms with Crippen LogP contribution in [0.4, 0.5) is 11.5 Å². The van der Waals surface area contributed by atoms with Crippen LogP contribution in [0.1, 0.15) is 24.3 Å². The minimum atomic E-state index is -0.0923. The second kappa shape index (κ2) is 7.76. The highest BCUT2D eigenvalue weighted by Crippen LogP contribution is 2.28. The van der Waals surface area contributed by atoms with Crippen LogP contribution >= 0.6 is 0 Å². The van der Waals surface area contributed by atoms with E-state index in [1.54, 1.807) is 17.8 Å². The van der Waals surface area contributed by atoms with Crippen molar-refractivity contribution in [1.29, 1.82) is 0 Å². The summed E-state index contributed by atoms with van der Waals surface area (Å²) in [4.78, 5) is 17.4. The van der Waals surface area contributed by atoms with Crippen molar-refractivity contribution in [3.05, 3.63) is 70.8 Å². The van der Waals surface area contributed by atoms with E-state index >= 15 is 0 Å². The third kappa shape index (κ3) is 3.48. The van der Waals surface area contributed by atoms with Gasteiger partial charge in [0.05, 0.1) is 11.2 Å². The predicted molar refractivity (Wildman–Crippen MR) is 117 cm³/mol. The van der Waals surface area contributed by atoms with Gasteiger partial charge in [-0.05, 0) is 54.7 Å². The standard InChI is InChI=1S/C23H23N5O2/c1-28-21-4-2-16(19-6-9-25-27-19)12-18(21)13-20(23(28)29)26-22-5-3-17(14-24-22)15-7-10-30-11-8-15/h2-6,9,12-15H,7-8,10-11H2,1H3,(H,24,26)(H,25,27). The molecule has 1 fully saturated rings. The smallest absolute Gasteiger partial charge is 0.274 e. The van der Waals surface area contributed by atoms with E-state index in [1.165, 1.54) is 5.56 Å². The maximum absolute atomic E-state index is 12.9. The predicted octanol–water partition coefficient (Wildman–Crippen LogP) is 3.96. The average Bonchev–Trinajstić information content (AvgIpc) is 3.33. The molecule has 7 nitrogen and oxygen atoms in total. The summed E-state index contributed by atoms with van der Waals surface area (Å²) in [5.74, 6) is 1.15. The Morgan fingerprint density at radius 2 is 2.00 bits per heavy atom. The second-order valence-corrected chi connectivity index (χ2v) is 7.64. The summed E-state index contributed by atoms with van der Waals surface area (Å²) in [5, 5.41) is 11.2. The summed E-state index contributed by atoms with van der Waals surface area (Å²) >= 11 is 0. The molecule has 0 aliphatic carbocycles. The molecule has 0 radical (unpaired) electrons. The van der Waals surface area contributed by atoms with Crippen molar-refractivity contribution in [3.63, 3.8) is 0 Å². The van der Waals surface area contributed by atoms with Crippen LogP contribution in [0.5, 0.6) is 0 Å².